The third kappa shape index (κ3) is 7.03. The molecule has 0 fully saturated rings. The van der Waals surface area contributed by atoms with E-state index in [0.29, 0.717) is 30.2 Å². The lowest BCUT2D eigenvalue weighted by Crippen LogP contribution is -2.38. The molecule has 32 heavy (non-hydrogen) atoms. The molecule has 0 unspecified atom stereocenters. The SMILES string of the molecule is CCc1ccc(NC(=O)NCCCN(C(=O)Nc2ccc(Cl)cc2)c2ccccc2)cc1. The number of rotatable bonds is 8. The van der Waals surface area contributed by atoms with Crippen LogP contribution in [0.4, 0.5) is 26.7 Å². The highest BCUT2D eigenvalue weighted by molar-refractivity contribution is 6.30. The summed E-state index contributed by atoms with van der Waals surface area (Å²) in [5, 5.41) is 9.15. The first-order valence-corrected chi connectivity index (χ1v) is 11.0. The van der Waals surface area contributed by atoms with E-state index >= 15 is 0 Å². The van der Waals surface area contributed by atoms with Crippen LogP contribution in [-0.4, -0.2) is 25.2 Å². The van der Waals surface area contributed by atoms with Crippen molar-refractivity contribution in [3.8, 4) is 0 Å². The number of anilines is 3. The molecule has 166 valence electrons. The van der Waals surface area contributed by atoms with E-state index in [4.69, 9.17) is 11.6 Å². The molecule has 3 rings (SSSR count). The Bertz CT molecular complexity index is 1010. The van der Waals surface area contributed by atoms with Crippen LogP contribution in [0, 0.1) is 0 Å². The van der Waals surface area contributed by atoms with Crippen LogP contribution >= 0.6 is 11.6 Å². The minimum Gasteiger partial charge on any atom is -0.338 e. The zero-order valence-electron chi connectivity index (χ0n) is 18.0. The quantitative estimate of drug-likeness (QED) is 0.360. The Labute approximate surface area is 193 Å². The number of hydrogen-bond donors (Lipinski definition) is 3. The first-order chi connectivity index (χ1) is 15.5. The van der Waals surface area contributed by atoms with Gasteiger partial charge in [0, 0.05) is 35.2 Å². The maximum Gasteiger partial charge on any atom is 0.326 e. The molecule has 4 amide bonds. The molecule has 0 aliphatic carbocycles. The molecule has 0 radical (unpaired) electrons. The fraction of sp³-hybridized carbons (Fsp3) is 0.200. The molecule has 6 nitrogen and oxygen atoms in total. The van der Waals surface area contributed by atoms with Gasteiger partial charge in [0.1, 0.15) is 0 Å². The Morgan fingerprint density at radius 2 is 1.47 bits per heavy atom. The minimum atomic E-state index is -0.272. The second-order valence-electron chi connectivity index (χ2n) is 7.21. The van der Waals surface area contributed by atoms with Crippen molar-refractivity contribution in [3.63, 3.8) is 0 Å². The largest absolute Gasteiger partial charge is 0.338 e. The van der Waals surface area contributed by atoms with E-state index in [1.54, 1.807) is 29.2 Å². The van der Waals surface area contributed by atoms with Crippen molar-refractivity contribution in [1.29, 1.82) is 0 Å². The second-order valence-corrected chi connectivity index (χ2v) is 7.65. The predicted molar refractivity (Wildman–Crippen MR) is 132 cm³/mol. The second kappa shape index (κ2) is 11.8. The van der Waals surface area contributed by atoms with Crippen LogP contribution in [-0.2, 0) is 6.42 Å². The maximum absolute atomic E-state index is 12.9. The molecule has 0 bridgehead atoms. The number of para-hydroxylation sites is 1. The number of aryl methyl sites for hydroxylation is 1. The normalized spacial score (nSPS) is 10.3. The standard InChI is InChI=1S/C25H27ClN4O2/c1-2-19-9-13-21(14-10-19)28-24(31)27-17-6-18-30(23-7-4-3-5-8-23)25(32)29-22-15-11-20(26)12-16-22/h3-5,7-16H,2,6,17-18H2,1H3,(H,29,32)(H2,27,28,31). The fourth-order valence-electron chi connectivity index (χ4n) is 3.12. The van der Waals surface area contributed by atoms with Crippen molar-refractivity contribution in [1.82, 2.24) is 5.32 Å². The average molecular weight is 451 g/mol. The fourth-order valence-corrected chi connectivity index (χ4v) is 3.24. The summed E-state index contributed by atoms with van der Waals surface area (Å²) in [6, 6.07) is 23.6. The highest BCUT2D eigenvalue weighted by atomic mass is 35.5. The lowest BCUT2D eigenvalue weighted by molar-refractivity contribution is 0.252. The highest BCUT2D eigenvalue weighted by Crippen LogP contribution is 2.18. The maximum atomic E-state index is 12.9. The van der Waals surface area contributed by atoms with E-state index in [9.17, 15) is 9.59 Å². The van der Waals surface area contributed by atoms with Crippen molar-refractivity contribution in [2.24, 2.45) is 0 Å². The van der Waals surface area contributed by atoms with Crippen molar-refractivity contribution in [2.45, 2.75) is 19.8 Å². The first kappa shape index (κ1) is 23.2. The summed E-state index contributed by atoms with van der Waals surface area (Å²) < 4.78 is 0. The van der Waals surface area contributed by atoms with E-state index in [0.717, 1.165) is 17.8 Å². The summed E-state index contributed by atoms with van der Waals surface area (Å²) in [7, 11) is 0. The van der Waals surface area contributed by atoms with Crippen LogP contribution in [0.2, 0.25) is 5.02 Å². The summed E-state index contributed by atoms with van der Waals surface area (Å²) in [6.07, 6.45) is 1.54. The number of amides is 4. The van der Waals surface area contributed by atoms with Crippen molar-refractivity contribution >= 4 is 40.7 Å². The topological polar surface area (TPSA) is 73.5 Å². The Kier molecular flexibility index (Phi) is 8.52. The van der Waals surface area contributed by atoms with Gasteiger partial charge in [0.05, 0.1) is 0 Å². The lowest BCUT2D eigenvalue weighted by Gasteiger charge is -2.23. The monoisotopic (exact) mass is 450 g/mol. The molecule has 0 aliphatic rings. The van der Waals surface area contributed by atoms with E-state index in [1.807, 2.05) is 54.6 Å². The van der Waals surface area contributed by atoms with Gasteiger partial charge < -0.3 is 16.0 Å². The third-order valence-corrected chi connectivity index (χ3v) is 5.12. The summed E-state index contributed by atoms with van der Waals surface area (Å²) >= 11 is 5.92. The number of urea groups is 2. The number of nitrogens with zero attached hydrogens (tertiary/aromatic N) is 1. The van der Waals surface area contributed by atoms with Crippen LogP contribution in [0.15, 0.2) is 78.9 Å². The number of benzene rings is 3. The molecule has 0 saturated carbocycles. The van der Waals surface area contributed by atoms with Gasteiger partial charge in [0.15, 0.2) is 0 Å². The van der Waals surface area contributed by atoms with E-state index in [-0.39, 0.29) is 12.1 Å². The van der Waals surface area contributed by atoms with Gasteiger partial charge in [-0.25, -0.2) is 9.59 Å². The molecule has 0 aromatic heterocycles. The highest BCUT2D eigenvalue weighted by Gasteiger charge is 2.15. The zero-order chi connectivity index (χ0) is 22.8. The number of carbonyl (C=O) groups is 2. The van der Waals surface area contributed by atoms with Gasteiger partial charge in [-0.15, -0.1) is 0 Å². The van der Waals surface area contributed by atoms with Gasteiger partial charge >= 0.3 is 12.1 Å². The molecule has 3 N–H and O–H groups in total. The van der Waals surface area contributed by atoms with E-state index < -0.39 is 0 Å². The van der Waals surface area contributed by atoms with Crippen LogP contribution in [0.1, 0.15) is 18.9 Å². The zero-order valence-corrected chi connectivity index (χ0v) is 18.7. The molecular formula is C25H27ClN4O2. The van der Waals surface area contributed by atoms with Crippen molar-refractivity contribution in [2.75, 3.05) is 28.6 Å². The molecule has 0 saturated heterocycles. The van der Waals surface area contributed by atoms with Gasteiger partial charge in [0.2, 0.25) is 0 Å². The molecule has 3 aromatic carbocycles. The molecule has 0 aliphatic heterocycles. The summed E-state index contributed by atoms with van der Waals surface area (Å²) in [6.45, 7) is 2.95. The van der Waals surface area contributed by atoms with Crippen LogP contribution in [0.3, 0.4) is 0 Å². The van der Waals surface area contributed by atoms with Crippen LogP contribution < -0.4 is 20.9 Å². The smallest absolute Gasteiger partial charge is 0.326 e. The Balaban J connectivity index is 1.52. The van der Waals surface area contributed by atoms with Gasteiger partial charge in [-0.3, -0.25) is 4.90 Å². The molecular weight excluding hydrogens is 424 g/mol. The molecule has 0 heterocycles. The Morgan fingerprint density at radius 1 is 0.844 bits per heavy atom. The molecule has 7 heteroatoms. The molecule has 3 aromatic rings. The first-order valence-electron chi connectivity index (χ1n) is 10.6. The van der Waals surface area contributed by atoms with Gasteiger partial charge in [-0.2, -0.15) is 0 Å². The lowest BCUT2D eigenvalue weighted by atomic mass is 10.1. The average Bonchev–Trinajstić information content (AvgIpc) is 2.81. The molecule has 0 atom stereocenters. The summed E-state index contributed by atoms with van der Waals surface area (Å²) in [4.78, 5) is 26.7. The van der Waals surface area contributed by atoms with Gasteiger partial charge in [0.25, 0.3) is 0 Å². The Hall–Kier alpha value is -3.51. The number of carbonyl (C=O) groups excluding carboxylic acids is 2. The van der Waals surface area contributed by atoms with E-state index in [1.165, 1.54) is 5.56 Å². The third-order valence-electron chi connectivity index (χ3n) is 4.87. The summed E-state index contributed by atoms with van der Waals surface area (Å²) in [5.41, 5.74) is 3.40. The van der Waals surface area contributed by atoms with E-state index in [2.05, 4.69) is 22.9 Å². The minimum absolute atomic E-state index is 0.251. The predicted octanol–water partition coefficient (Wildman–Crippen LogP) is 6.15. The number of nitrogens with one attached hydrogen (secondary N) is 3. The number of hydrogen-bond acceptors (Lipinski definition) is 2. The van der Waals surface area contributed by atoms with Gasteiger partial charge in [-0.05, 0) is 66.9 Å². The molecule has 0 spiro atoms. The van der Waals surface area contributed by atoms with Gasteiger partial charge in [-0.1, -0.05) is 48.9 Å². The van der Waals surface area contributed by atoms with Crippen molar-refractivity contribution < 1.29 is 9.59 Å². The van der Waals surface area contributed by atoms with Crippen LogP contribution in [0.25, 0.3) is 0 Å². The van der Waals surface area contributed by atoms with Crippen LogP contribution in [0.5, 0.6) is 0 Å². The summed E-state index contributed by atoms with van der Waals surface area (Å²) in [5.74, 6) is 0. The number of halogens is 1. The Morgan fingerprint density at radius 3 is 2.12 bits per heavy atom. The van der Waals surface area contributed by atoms with Crippen molar-refractivity contribution in [3.05, 3.63) is 89.4 Å².